The van der Waals surface area contributed by atoms with Gasteiger partial charge in [0.1, 0.15) is 0 Å². The van der Waals surface area contributed by atoms with Crippen molar-refractivity contribution in [1.82, 2.24) is 15.1 Å². The minimum Gasteiger partial charge on any atom is -0.356 e. The summed E-state index contributed by atoms with van der Waals surface area (Å²) in [6.07, 6.45) is 3.39. The maximum Gasteiger partial charge on any atom is 0.220 e. The molecule has 25 heavy (non-hydrogen) atoms. The van der Waals surface area contributed by atoms with E-state index in [-0.39, 0.29) is 5.91 Å². The summed E-state index contributed by atoms with van der Waals surface area (Å²) in [6, 6.07) is 12.6. The van der Waals surface area contributed by atoms with Gasteiger partial charge in [0.15, 0.2) is 0 Å². The van der Waals surface area contributed by atoms with Gasteiger partial charge >= 0.3 is 0 Å². The topological polar surface area (TPSA) is 46.9 Å². The average Bonchev–Trinajstić information content (AvgIpc) is 3.16. The summed E-state index contributed by atoms with van der Waals surface area (Å²) in [5, 5.41) is 8.82. The van der Waals surface area contributed by atoms with Crippen LogP contribution in [0.1, 0.15) is 34.7 Å². The Morgan fingerprint density at radius 3 is 2.80 bits per heavy atom. The van der Waals surface area contributed by atoms with Crippen LogP contribution >= 0.6 is 11.3 Å². The number of amides is 1. The van der Waals surface area contributed by atoms with Gasteiger partial charge in [-0.05, 0) is 51.3 Å². The molecule has 3 aromatic rings. The van der Waals surface area contributed by atoms with Gasteiger partial charge in [-0.2, -0.15) is 5.10 Å². The molecule has 0 radical (unpaired) electrons. The number of fused-ring (bicyclic) bond motifs is 1. The highest BCUT2D eigenvalue weighted by atomic mass is 32.1. The highest BCUT2D eigenvalue weighted by molar-refractivity contribution is 7.11. The van der Waals surface area contributed by atoms with Gasteiger partial charge in [-0.15, -0.1) is 11.3 Å². The van der Waals surface area contributed by atoms with Crippen LogP contribution in [0, 0.1) is 13.8 Å². The number of rotatable bonds is 8. The van der Waals surface area contributed by atoms with Crippen molar-refractivity contribution in [3.8, 4) is 0 Å². The predicted octanol–water partition coefficient (Wildman–Crippen LogP) is 4.24. The molecule has 5 heteroatoms. The summed E-state index contributed by atoms with van der Waals surface area (Å²) >= 11 is 1.82. The Kier molecular flexibility index (Phi) is 5.87. The number of thiophene rings is 1. The van der Waals surface area contributed by atoms with E-state index in [9.17, 15) is 4.79 Å². The van der Waals surface area contributed by atoms with Gasteiger partial charge in [0.2, 0.25) is 5.91 Å². The van der Waals surface area contributed by atoms with Gasteiger partial charge in [-0.3, -0.25) is 9.48 Å². The van der Waals surface area contributed by atoms with Crippen molar-refractivity contribution in [1.29, 1.82) is 0 Å². The second-order valence-corrected chi connectivity index (χ2v) is 7.77. The van der Waals surface area contributed by atoms with Crippen molar-refractivity contribution in [3.63, 3.8) is 0 Å². The van der Waals surface area contributed by atoms with E-state index < -0.39 is 0 Å². The van der Waals surface area contributed by atoms with Gasteiger partial charge in [0, 0.05) is 34.7 Å². The number of aryl methyl sites for hydroxylation is 4. The fourth-order valence-corrected chi connectivity index (χ4v) is 3.98. The van der Waals surface area contributed by atoms with E-state index in [0.717, 1.165) is 37.0 Å². The number of carbonyl (C=O) groups is 1. The van der Waals surface area contributed by atoms with E-state index in [2.05, 4.69) is 41.6 Å². The predicted molar refractivity (Wildman–Crippen MR) is 104 cm³/mol. The average molecular weight is 356 g/mol. The molecule has 0 aliphatic rings. The third-order valence-corrected chi connectivity index (χ3v) is 5.39. The third-order valence-electron chi connectivity index (χ3n) is 4.33. The van der Waals surface area contributed by atoms with Crippen LogP contribution in [-0.4, -0.2) is 22.2 Å². The van der Waals surface area contributed by atoms with E-state index in [1.807, 2.05) is 35.1 Å². The number of para-hydroxylation sites is 1. The molecule has 1 aromatic carbocycles. The Labute approximate surface area is 152 Å². The monoisotopic (exact) mass is 355 g/mol. The molecular formula is C20H25N3OS. The lowest BCUT2D eigenvalue weighted by atomic mass is 10.2. The van der Waals surface area contributed by atoms with Crippen LogP contribution < -0.4 is 5.32 Å². The Morgan fingerprint density at radius 1 is 1.16 bits per heavy atom. The SMILES string of the molecule is Cc1ccc(CCCC(=O)NCCCn2nc(C)c3ccccc32)s1. The summed E-state index contributed by atoms with van der Waals surface area (Å²) in [5.74, 6) is 0.148. The smallest absolute Gasteiger partial charge is 0.220 e. The van der Waals surface area contributed by atoms with Crippen LogP contribution in [0.15, 0.2) is 36.4 Å². The molecule has 0 aliphatic heterocycles. The summed E-state index contributed by atoms with van der Waals surface area (Å²) in [7, 11) is 0. The number of hydrogen-bond acceptors (Lipinski definition) is 3. The summed E-state index contributed by atoms with van der Waals surface area (Å²) in [6.45, 7) is 5.67. The van der Waals surface area contributed by atoms with E-state index in [0.29, 0.717) is 13.0 Å². The lowest BCUT2D eigenvalue weighted by Crippen LogP contribution is -2.25. The van der Waals surface area contributed by atoms with Crippen LogP contribution in [0.4, 0.5) is 0 Å². The largest absolute Gasteiger partial charge is 0.356 e. The highest BCUT2D eigenvalue weighted by Crippen LogP contribution is 2.18. The summed E-state index contributed by atoms with van der Waals surface area (Å²) < 4.78 is 2.04. The number of benzene rings is 1. The first-order valence-corrected chi connectivity index (χ1v) is 9.69. The van der Waals surface area contributed by atoms with Crippen LogP contribution in [0.2, 0.25) is 0 Å². The van der Waals surface area contributed by atoms with Crippen molar-refractivity contribution >= 4 is 28.1 Å². The van der Waals surface area contributed by atoms with Gasteiger partial charge in [-0.1, -0.05) is 18.2 Å². The number of nitrogens with zero attached hydrogens (tertiary/aromatic N) is 2. The van der Waals surface area contributed by atoms with Crippen LogP contribution in [0.25, 0.3) is 10.9 Å². The van der Waals surface area contributed by atoms with E-state index >= 15 is 0 Å². The first-order valence-electron chi connectivity index (χ1n) is 8.87. The van der Waals surface area contributed by atoms with Crippen molar-refractivity contribution < 1.29 is 4.79 Å². The molecule has 4 nitrogen and oxygen atoms in total. The molecule has 0 fully saturated rings. The molecular weight excluding hydrogens is 330 g/mol. The molecule has 1 amide bonds. The van der Waals surface area contributed by atoms with Gasteiger partial charge in [0.25, 0.3) is 0 Å². The molecule has 0 unspecified atom stereocenters. The van der Waals surface area contributed by atoms with Crippen molar-refractivity contribution in [2.45, 2.75) is 46.1 Å². The van der Waals surface area contributed by atoms with Crippen LogP contribution in [0.5, 0.6) is 0 Å². The zero-order valence-electron chi connectivity index (χ0n) is 14.9. The Morgan fingerprint density at radius 2 is 2.00 bits per heavy atom. The molecule has 0 saturated heterocycles. The molecule has 132 valence electrons. The van der Waals surface area contributed by atoms with Crippen molar-refractivity contribution in [2.24, 2.45) is 0 Å². The summed E-state index contributed by atoms with van der Waals surface area (Å²) in [5.41, 5.74) is 2.22. The van der Waals surface area contributed by atoms with Crippen LogP contribution in [0.3, 0.4) is 0 Å². The minimum absolute atomic E-state index is 0.148. The maximum absolute atomic E-state index is 11.9. The number of nitrogens with one attached hydrogen (secondary N) is 1. The second-order valence-electron chi connectivity index (χ2n) is 6.40. The van der Waals surface area contributed by atoms with Gasteiger partial charge in [0.05, 0.1) is 11.2 Å². The first kappa shape index (κ1) is 17.7. The number of aromatic nitrogens is 2. The van der Waals surface area contributed by atoms with Gasteiger partial charge in [-0.25, -0.2) is 0 Å². The third kappa shape index (κ3) is 4.69. The molecule has 0 spiro atoms. The van der Waals surface area contributed by atoms with Crippen molar-refractivity contribution in [2.75, 3.05) is 6.54 Å². The number of carbonyl (C=O) groups excluding carboxylic acids is 1. The molecule has 2 aromatic heterocycles. The Bertz CT molecular complexity index is 850. The lowest BCUT2D eigenvalue weighted by Gasteiger charge is -2.06. The zero-order chi connectivity index (χ0) is 17.6. The fourth-order valence-electron chi connectivity index (χ4n) is 3.05. The summed E-state index contributed by atoms with van der Waals surface area (Å²) in [4.78, 5) is 14.6. The van der Waals surface area contributed by atoms with Crippen LogP contribution in [-0.2, 0) is 17.8 Å². The molecule has 1 N–H and O–H groups in total. The van der Waals surface area contributed by atoms with E-state index in [1.165, 1.54) is 15.1 Å². The maximum atomic E-state index is 11.9. The second kappa shape index (κ2) is 8.30. The zero-order valence-corrected chi connectivity index (χ0v) is 15.7. The fraction of sp³-hybridized carbons (Fsp3) is 0.400. The number of hydrogen-bond donors (Lipinski definition) is 1. The quantitative estimate of drug-likeness (QED) is 0.614. The van der Waals surface area contributed by atoms with E-state index in [4.69, 9.17) is 0 Å². The molecule has 0 saturated carbocycles. The molecule has 0 bridgehead atoms. The molecule has 2 heterocycles. The molecule has 0 atom stereocenters. The van der Waals surface area contributed by atoms with Gasteiger partial charge < -0.3 is 5.32 Å². The minimum atomic E-state index is 0.148. The highest BCUT2D eigenvalue weighted by Gasteiger charge is 2.06. The van der Waals surface area contributed by atoms with E-state index in [1.54, 1.807) is 0 Å². The Balaban J connectivity index is 1.37. The first-order chi connectivity index (χ1) is 12.1. The van der Waals surface area contributed by atoms with Crippen molar-refractivity contribution in [3.05, 3.63) is 51.8 Å². The molecule has 0 aliphatic carbocycles. The normalized spacial score (nSPS) is 11.1. The Hall–Kier alpha value is -2.14. The molecule has 3 rings (SSSR count). The standard InChI is InChI=1S/C20H25N3OS/c1-15-11-12-17(25-15)7-5-10-20(24)21-13-6-14-23-19-9-4-3-8-18(19)16(2)22-23/h3-4,8-9,11-12H,5-7,10,13-14H2,1-2H3,(H,21,24). The lowest BCUT2D eigenvalue weighted by molar-refractivity contribution is -0.121.